The van der Waals surface area contributed by atoms with Crippen LogP contribution in [0.1, 0.15) is 16.3 Å². The quantitative estimate of drug-likeness (QED) is 0.557. The Kier molecular flexibility index (Phi) is 5.40. The molecular formula is C20H26N6S. The topological polar surface area (TPSA) is 48.2 Å². The summed E-state index contributed by atoms with van der Waals surface area (Å²) in [6.07, 6.45) is 2.10. The third kappa shape index (κ3) is 4.14. The van der Waals surface area contributed by atoms with E-state index in [1.165, 1.54) is 10.6 Å². The second kappa shape index (κ2) is 8.10. The Morgan fingerprint density at radius 3 is 2.74 bits per heavy atom. The summed E-state index contributed by atoms with van der Waals surface area (Å²) in [5.74, 6) is 0.958. The molecule has 1 saturated heterocycles. The van der Waals surface area contributed by atoms with Gasteiger partial charge >= 0.3 is 0 Å². The molecule has 1 fully saturated rings. The molecule has 0 unspecified atom stereocenters. The fourth-order valence-electron chi connectivity index (χ4n) is 3.53. The molecule has 0 atom stereocenters. The summed E-state index contributed by atoms with van der Waals surface area (Å²) in [5, 5.41) is 5.63. The largest absolute Gasteiger partial charge is 0.351 e. The van der Waals surface area contributed by atoms with E-state index in [1.807, 2.05) is 30.5 Å². The number of hydrogen-bond acceptors (Lipinski definition) is 4. The van der Waals surface area contributed by atoms with Crippen LogP contribution >= 0.6 is 11.3 Å². The second-order valence-corrected chi connectivity index (χ2v) is 7.90. The van der Waals surface area contributed by atoms with Crippen LogP contribution in [0.3, 0.4) is 0 Å². The van der Waals surface area contributed by atoms with E-state index < -0.39 is 0 Å². The van der Waals surface area contributed by atoms with Crippen molar-refractivity contribution in [2.75, 3.05) is 33.2 Å². The van der Waals surface area contributed by atoms with Crippen LogP contribution < -0.4 is 5.32 Å². The number of nitrogens with one attached hydrogen (secondary N) is 1. The lowest BCUT2D eigenvalue weighted by molar-refractivity contribution is 0.173. The van der Waals surface area contributed by atoms with Crippen LogP contribution in [-0.2, 0) is 13.1 Å². The molecule has 6 nitrogen and oxygen atoms in total. The van der Waals surface area contributed by atoms with Gasteiger partial charge in [0.05, 0.1) is 12.2 Å². The van der Waals surface area contributed by atoms with Gasteiger partial charge in [0.2, 0.25) is 0 Å². The Hall–Kier alpha value is -2.38. The van der Waals surface area contributed by atoms with Crippen LogP contribution in [-0.4, -0.2) is 58.4 Å². The molecule has 1 N–H and O–H groups in total. The minimum Gasteiger partial charge on any atom is -0.351 e. The highest BCUT2D eigenvalue weighted by atomic mass is 32.1. The van der Waals surface area contributed by atoms with E-state index in [4.69, 9.17) is 4.98 Å². The van der Waals surface area contributed by atoms with Gasteiger partial charge in [-0.1, -0.05) is 12.1 Å². The Morgan fingerprint density at radius 1 is 1.19 bits per heavy atom. The first-order valence-electron chi connectivity index (χ1n) is 9.37. The summed E-state index contributed by atoms with van der Waals surface area (Å²) in [6, 6.07) is 10.5. The standard InChI is InChI=1S/C20H26N6S/c1-16-5-3-7-19-23-17(14-26(16)19)13-22-20(21-2)25-10-8-24(9-11-25)15-18-6-4-12-27-18/h3-7,12,14H,8-11,13,15H2,1-2H3,(H,21,22). The molecule has 4 heterocycles. The van der Waals surface area contributed by atoms with Gasteiger partial charge in [0.15, 0.2) is 5.96 Å². The van der Waals surface area contributed by atoms with Gasteiger partial charge in [0.25, 0.3) is 0 Å². The van der Waals surface area contributed by atoms with Crippen molar-refractivity contribution < 1.29 is 0 Å². The highest BCUT2D eigenvalue weighted by Crippen LogP contribution is 2.14. The Bertz CT molecular complexity index is 906. The number of aryl methyl sites for hydroxylation is 1. The molecule has 1 aliphatic heterocycles. The van der Waals surface area contributed by atoms with Crippen LogP contribution in [0.15, 0.2) is 46.9 Å². The molecule has 142 valence electrons. The summed E-state index contributed by atoms with van der Waals surface area (Å²) in [7, 11) is 1.86. The van der Waals surface area contributed by atoms with Gasteiger partial charge < -0.3 is 14.6 Å². The van der Waals surface area contributed by atoms with Gasteiger partial charge in [-0.25, -0.2) is 4.98 Å². The number of aliphatic imine (C=N–C) groups is 1. The monoisotopic (exact) mass is 382 g/mol. The molecule has 3 aromatic heterocycles. The molecule has 0 aromatic carbocycles. The van der Waals surface area contributed by atoms with Gasteiger partial charge in [-0.05, 0) is 30.5 Å². The van der Waals surface area contributed by atoms with E-state index in [2.05, 4.69) is 61.2 Å². The fourth-order valence-corrected chi connectivity index (χ4v) is 4.27. The molecule has 3 aromatic rings. The van der Waals surface area contributed by atoms with Gasteiger partial charge in [0.1, 0.15) is 5.65 Å². The smallest absolute Gasteiger partial charge is 0.194 e. The van der Waals surface area contributed by atoms with E-state index >= 15 is 0 Å². The molecule has 0 aliphatic carbocycles. The maximum atomic E-state index is 4.70. The van der Waals surface area contributed by atoms with Crippen LogP contribution in [0.25, 0.3) is 5.65 Å². The van der Waals surface area contributed by atoms with Crippen LogP contribution in [0.4, 0.5) is 0 Å². The van der Waals surface area contributed by atoms with Crippen molar-refractivity contribution in [1.82, 2.24) is 24.5 Å². The lowest BCUT2D eigenvalue weighted by Gasteiger charge is -2.36. The number of fused-ring (bicyclic) bond motifs is 1. The normalized spacial score (nSPS) is 16.2. The van der Waals surface area contributed by atoms with Crippen molar-refractivity contribution >= 4 is 22.9 Å². The van der Waals surface area contributed by atoms with E-state index in [0.717, 1.165) is 50.0 Å². The zero-order valence-electron chi connectivity index (χ0n) is 15.9. The van der Waals surface area contributed by atoms with Crippen molar-refractivity contribution in [1.29, 1.82) is 0 Å². The van der Waals surface area contributed by atoms with Crippen molar-refractivity contribution in [3.05, 3.63) is 58.2 Å². The van der Waals surface area contributed by atoms with E-state index in [0.29, 0.717) is 6.54 Å². The number of pyridine rings is 1. The van der Waals surface area contributed by atoms with Gasteiger partial charge in [-0.15, -0.1) is 11.3 Å². The molecule has 4 rings (SSSR count). The zero-order valence-corrected chi connectivity index (χ0v) is 16.7. The maximum absolute atomic E-state index is 4.70. The predicted octanol–water partition coefficient (Wildman–Crippen LogP) is 2.60. The number of imidazole rings is 1. The Morgan fingerprint density at radius 2 is 2.04 bits per heavy atom. The van der Waals surface area contributed by atoms with E-state index in [-0.39, 0.29) is 0 Å². The number of rotatable bonds is 4. The Balaban J connectivity index is 1.32. The minimum absolute atomic E-state index is 0.684. The second-order valence-electron chi connectivity index (χ2n) is 6.87. The molecule has 0 saturated carbocycles. The molecular weight excluding hydrogens is 356 g/mol. The molecule has 7 heteroatoms. The summed E-state index contributed by atoms with van der Waals surface area (Å²) in [6.45, 7) is 7.95. The maximum Gasteiger partial charge on any atom is 0.194 e. The number of hydrogen-bond donors (Lipinski definition) is 1. The average molecular weight is 383 g/mol. The van der Waals surface area contributed by atoms with E-state index in [9.17, 15) is 0 Å². The van der Waals surface area contributed by atoms with Gasteiger partial charge in [-0.2, -0.15) is 0 Å². The molecule has 0 amide bonds. The summed E-state index contributed by atoms with van der Waals surface area (Å²) in [5.41, 5.74) is 3.21. The fraction of sp³-hybridized carbons (Fsp3) is 0.400. The molecule has 1 aliphatic rings. The summed E-state index contributed by atoms with van der Waals surface area (Å²) in [4.78, 5) is 15.5. The van der Waals surface area contributed by atoms with Crippen LogP contribution in [0, 0.1) is 6.92 Å². The highest BCUT2D eigenvalue weighted by molar-refractivity contribution is 7.09. The molecule has 0 radical (unpaired) electrons. The predicted molar refractivity (Wildman–Crippen MR) is 111 cm³/mol. The SMILES string of the molecule is CN=C(NCc1cn2c(C)cccc2n1)N1CCN(Cc2cccs2)CC1. The third-order valence-corrected chi connectivity index (χ3v) is 5.88. The highest BCUT2D eigenvalue weighted by Gasteiger charge is 2.20. The Labute approximate surface area is 164 Å². The number of nitrogens with zero attached hydrogens (tertiary/aromatic N) is 5. The minimum atomic E-state index is 0.684. The summed E-state index contributed by atoms with van der Waals surface area (Å²) >= 11 is 1.84. The van der Waals surface area contributed by atoms with Gasteiger partial charge in [0, 0.05) is 56.5 Å². The first-order valence-corrected chi connectivity index (χ1v) is 10.2. The first kappa shape index (κ1) is 18.0. The van der Waals surface area contributed by atoms with E-state index in [1.54, 1.807) is 0 Å². The van der Waals surface area contributed by atoms with Crippen LogP contribution in [0.2, 0.25) is 0 Å². The molecule has 27 heavy (non-hydrogen) atoms. The van der Waals surface area contributed by atoms with Gasteiger partial charge in [-0.3, -0.25) is 9.89 Å². The lowest BCUT2D eigenvalue weighted by Crippen LogP contribution is -2.52. The van der Waals surface area contributed by atoms with Crippen molar-refractivity contribution in [2.45, 2.75) is 20.0 Å². The zero-order chi connectivity index (χ0) is 18.6. The lowest BCUT2D eigenvalue weighted by atomic mass is 10.3. The van der Waals surface area contributed by atoms with Crippen molar-refractivity contribution in [2.24, 2.45) is 4.99 Å². The number of piperazine rings is 1. The number of guanidine groups is 1. The number of thiophene rings is 1. The van der Waals surface area contributed by atoms with Crippen molar-refractivity contribution in [3.8, 4) is 0 Å². The molecule has 0 bridgehead atoms. The first-order chi connectivity index (χ1) is 13.2. The third-order valence-electron chi connectivity index (χ3n) is 5.02. The number of aromatic nitrogens is 2. The summed E-state index contributed by atoms with van der Waals surface area (Å²) < 4.78 is 2.13. The van der Waals surface area contributed by atoms with Crippen LogP contribution in [0.5, 0.6) is 0 Å². The molecule has 0 spiro atoms. The van der Waals surface area contributed by atoms with Crippen molar-refractivity contribution in [3.63, 3.8) is 0 Å². The average Bonchev–Trinajstić information content (AvgIpc) is 3.34.